The predicted octanol–water partition coefficient (Wildman–Crippen LogP) is 4.06. The Morgan fingerprint density at radius 3 is 1.99 bits per heavy atom. The second-order valence-electron chi connectivity index (χ2n) is 15.1. The Morgan fingerprint density at radius 2 is 1.34 bits per heavy atom. The number of hydrogen-bond acceptors (Lipinski definition) is 15. The second-order valence-corrected chi connectivity index (χ2v) is 15.1. The van der Waals surface area contributed by atoms with E-state index >= 15 is 0 Å². The van der Waals surface area contributed by atoms with Gasteiger partial charge in [0.25, 0.3) is 5.91 Å². The van der Waals surface area contributed by atoms with Crippen molar-refractivity contribution < 1.29 is 52.0 Å². The maximum Gasteiger partial charge on any atom is 0.251 e. The zero-order valence-corrected chi connectivity index (χ0v) is 37.8. The van der Waals surface area contributed by atoms with Crippen molar-refractivity contribution in [2.45, 2.75) is 19.4 Å². The Kier molecular flexibility index (Phi) is 18.7. The van der Waals surface area contributed by atoms with Crippen molar-refractivity contribution in [1.29, 1.82) is 0 Å². The number of carbonyl (C=O) groups is 3. The van der Waals surface area contributed by atoms with Gasteiger partial charge in [-0.05, 0) is 35.9 Å². The summed E-state index contributed by atoms with van der Waals surface area (Å²) in [5.41, 5.74) is 17.2. The van der Waals surface area contributed by atoms with Crippen LogP contribution >= 0.6 is 0 Å². The standard InChI is InChI=1S/C49H58N6O12/c1-60-41-16-15-38-40(56)31-42(67-47(38)48(41)61-2)33-11-13-34(14-12-33)49(59)53-19-21-62-23-25-64-27-29-66-30-28-65-26-24-63-22-20-55(52)46-36-8-4-3-7-35(36)32-54(44(58)18-17-43(50)57)39-10-6-5-9-37(39)45(46)51/h3-16,31H,17-30,32,51-52H2,1-2H3,(H2,50,57)(H,53,59)/b46-45-. The number of rotatable bonds is 26. The summed E-state index contributed by atoms with van der Waals surface area (Å²) in [7, 11) is 2.98. The maximum atomic E-state index is 13.3. The molecule has 6 rings (SSSR count). The lowest BCUT2D eigenvalue weighted by Gasteiger charge is -2.33. The number of fused-ring (bicyclic) bond motifs is 3. The summed E-state index contributed by atoms with van der Waals surface area (Å²) < 4.78 is 45.0. The number of carbonyl (C=O) groups excluding carboxylic acids is 3. The summed E-state index contributed by atoms with van der Waals surface area (Å²) in [5, 5.41) is 4.76. The van der Waals surface area contributed by atoms with E-state index in [0.29, 0.717) is 136 Å². The molecule has 18 heteroatoms. The third-order valence-electron chi connectivity index (χ3n) is 10.7. The molecule has 67 heavy (non-hydrogen) atoms. The van der Waals surface area contributed by atoms with Crippen LogP contribution in [0.4, 0.5) is 5.69 Å². The number of para-hydroxylation sites is 1. The zero-order chi connectivity index (χ0) is 47.5. The minimum Gasteiger partial charge on any atom is -0.493 e. The molecule has 7 N–H and O–H groups in total. The topological polar surface area (TPSA) is 243 Å². The van der Waals surface area contributed by atoms with Gasteiger partial charge in [0.05, 0.1) is 116 Å². The average molecular weight is 923 g/mol. The molecule has 0 saturated heterocycles. The number of nitrogens with zero attached hydrogens (tertiary/aromatic N) is 2. The molecule has 4 aromatic carbocycles. The first-order chi connectivity index (χ1) is 32.6. The number of nitrogens with two attached hydrogens (primary N) is 3. The average Bonchev–Trinajstić information content (AvgIpc) is 3.34. The van der Waals surface area contributed by atoms with Gasteiger partial charge in [0.1, 0.15) is 5.76 Å². The summed E-state index contributed by atoms with van der Waals surface area (Å²) in [6.07, 6.45) is -0.0718. The maximum absolute atomic E-state index is 13.3. The molecule has 0 spiro atoms. The molecule has 3 amide bonds. The number of nitrogens with one attached hydrogen (secondary N) is 1. The van der Waals surface area contributed by atoms with Crippen LogP contribution in [-0.2, 0) is 39.8 Å². The largest absolute Gasteiger partial charge is 0.493 e. The third kappa shape index (κ3) is 13.4. The van der Waals surface area contributed by atoms with Crippen molar-refractivity contribution in [1.82, 2.24) is 10.3 Å². The van der Waals surface area contributed by atoms with E-state index in [1.165, 1.54) is 20.3 Å². The molecule has 0 radical (unpaired) electrons. The second kappa shape index (κ2) is 25.2. The highest BCUT2D eigenvalue weighted by atomic mass is 16.6. The van der Waals surface area contributed by atoms with Crippen molar-refractivity contribution in [3.63, 3.8) is 0 Å². The van der Waals surface area contributed by atoms with Gasteiger partial charge in [-0.3, -0.25) is 19.2 Å². The van der Waals surface area contributed by atoms with E-state index in [0.717, 1.165) is 11.1 Å². The van der Waals surface area contributed by atoms with Gasteiger partial charge in [-0.15, -0.1) is 0 Å². The summed E-state index contributed by atoms with van der Waals surface area (Å²) in [5.74, 6) is 6.69. The highest BCUT2D eigenvalue weighted by Gasteiger charge is 2.28. The molecular weight excluding hydrogens is 865 g/mol. The molecular formula is C49H58N6O12. The lowest BCUT2D eigenvalue weighted by atomic mass is 9.95. The molecule has 18 nitrogen and oxygen atoms in total. The molecule has 1 aliphatic heterocycles. The fraction of sp³-hybridized carbons (Fsp3) is 0.347. The highest BCUT2D eigenvalue weighted by molar-refractivity contribution is 6.02. The third-order valence-corrected chi connectivity index (χ3v) is 10.7. The fourth-order valence-corrected chi connectivity index (χ4v) is 7.30. The number of methoxy groups -OCH3 is 2. The first-order valence-electron chi connectivity index (χ1n) is 21.9. The van der Waals surface area contributed by atoms with Crippen LogP contribution in [0.2, 0.25) is 0 Å². The Balaban J connectivity index is 0.801. The lowest BCUT2D eigenvalue weighted by Crippen LogP contribution is -2.37. The number of hydrogen-bond donors (Lipinski definition) is 4. The Hall–Kier alpha value is -6.80. The molecule has 0 saturated carbocycles. The molecule has 0 fully saturated rings. The van der Waals surface area contributed by atoms with E-state index in [-0.39, 0.29) is 42.2 Å². The van der Waals surface area contributed by atoms with Crippen LogP contribution in [0.15, 0.2) is 100 Å². The van der Waals surface area contributed by atoms with Gasteiger partial charge in [-0.25, -0.2) is 5.84 Å². The van der Waals surface area contributed by atoms with Gasteiger partial charge in [-0.2, -0.15) is 0 Å². The molecule has 0 unspecified atom stereocenters. The van der Waals surface area contributed by atoms with Crippen molar-refractivity contribution >= 4 is 45.8 Å². The Labute approximate surface area is 388 Å². The summed E-state index contributed by atoms with van der Waals surface area (Å²) in [6, 6.07) is 26.4. The summed E-state index contributed by atoms with van der Waals surface area (Å²) in [4.78, 5) is 51.9. The summed E-state index contributed by atoms with van der Waals surface area (Å²) >= 11 is 0. The zero-order valence-electron chi connectivity index (χ0n) is 37.8. The van der Waals surface area contributed by atoms with E-state index in [1.807, 2.05) is 48.5 Å². The molecule has 356 valence electrons. The first kappa shape index (κ1) is 49.6. The number of hydrazine groups is 1. The summed E-state index contributed by atoms with van der Waals surface area (Å²) in [6.45, 7) is 4.55. The number of amides is 3. The van der Waals surface area contributed by atoms with E-state index in [9.17, 15) is 19.2 Å². The van der Waals surface area contributed by atoms with Crippen LogP contribution in [0, 0.1) is 0 Å². The van der Waals surface area contributed by atoms with E-state index in [1.54, 1.807) is 46.3 Å². The van der Waals surface area contributed by atoms with Gasteiger partial charge in [0.2, 0.25) is 17.6 Å². The monoisotopic (exact) mass is 922 g/mol. The van der Waals surface area contributed by atoms with Crippen molar-refractivity contribution in [2.75, 3.05) is 98.3 Å². The van der Waals surface area contributed by atoms with Crippen LogP contribution in [0.1, 0.15) is 39.9 Å². The van der Waals surface area contributed by atoms with Gasteiger partial charge >= 0.3 is 0 Å². The normalized spacial score (nSPS) is 13.3. The van der Waals surface area contributed by atoms with Gasteiger partial charge < -0.3 is 64.3 Å². The molecule has 0 bridgehead atoms. The van der Waals surface area contributed by atoms with Crippen molar-refractivity contribution in [2.24, 2.45) is 17.3 Å². The van der Waals surface area contributed by atoms with E-state index in [2.05, 4.69) is 5.32 Å². The smallest absolute Gasteiger partial charge is 0.251 e. The number of anilines is 1. The molecule has 2 heterocycles. The minimum atomic E-state index is -0.541. The van der Waals surface area contributed by atoms with Crippen LogP contribution in [0.5, 0.6) is 11.5 Å². The molecule has 0 atom stereocenters. The van der Waals surface area contributed by atoms with Gasteiger partial charge in [-0.1, -0.05) is 54.6 Å². The van der Waals surface area contributed by atoms with Gasteiger partial charge in [0.15, 0.2) is 16.8 Å². The quantitative estimate of drug-likeness (QED) is 0.0347. The SMILES string of the molecule is COc1ccc2c(=O)cc(-c3ccc(C(=O)NCCOCCOCCOCCOCCOCCN(N)/C4=C(\N)c5ccccc5N(C(=O)CCC(N)=O)Cc5ccccc54)cc3)oc2c1OC. The molecule has 5 aromatic rings. The van der Waals surface area contributed by atoms with Crippen LogP contribution < -0.4 is 42.4 Å². The lowest BCUT2D eigenvalue weighted by molar-refractivity contribution is -0.123. The molecule has 0 aliphatic carbocycles. The Morgan fingerprint density at radius 1 is 0.731 bits per heavy atom. The number of benzene rings is 4. The van der Waals surface area contributed by atoms with E-state index < -0.39 is 5.91 Å². The predicted molar refractivity (Wildman–Crippen MR) is 252 cm³/mol. The first-order valence-corrected chi connectivity index (χ1v) is 21.9. The fourth-order valence-electron chi connectivity index (χ4n) is 7.30. The van der Waals surface area contributed by atoms with E-state index in [4.69, 9.17) is 54.9 Å². The number of ether oxygens (including phenoxy) is 7. The van der Waals surface area contributed by atoms with Crippen LogP contribution in [0.3, 0.4) is 0 Å². The number of primary amides is 1. The minimum absolute atomic E-state index is 0.0190. The van der Waals surface area contributed by atoms with Crippen LogP contribution in [0.25, 0.3) is 33.7 Å². The molecule has 1 aromatic heterocycles. The molecule has 1 aliphatic rings. The van der Waals surface area contributed by atoms with Gasteiger partial charge in [0, 0.05) is 47.7 Å². The highest BCUT2D eigenvalue weighted by Crippen LogP contribution is 2.38. The Bertz CT molecular complexity index is 2550. The van der Waals surface area contributed by atoms with Crippen molar-refractivity contribution in [3.05, 3.63) is 123 Å². The van der Waals surface area contributed by atoms with Crippen molar-refractivity contribution in [3.8, 4) is 22.8 Å². The van der Waals surface area contributed by atoms with Crippen LogP contribution in [-0.4, -0.2) is 116 Å².